The zero-order valence-electron chi connectivity index (χ0n) is 33.1. The van der Waals surface area contributed by atoms with Crippen LogP contribution in [0, 0.1) is 50.2 Å². The fraction of sp³-hybridized carbons (Fsp3) is 0.927. The molecule has 0 aromatic carbocycles. The molecule has 0 bridgehead atoms. The number of carboxylic acids is 1. The van der Waals surface area contributed by atoms with Gasteiger partial charge in [-0.05, 0) is 104 Å². The second-order valence-corrected chi connectivity index (χ2v) is 20.1. The van der Waals surface area contributed by atoms with Gasteiger partial charge in [0.05, 0.1) is 31.5 Å². The van der Waals surface area contributed by atoms with Gasteiger partial charge in [-0.3, -0.25) is 4.79 Å². The van der Waals surface area contributed by atoms with E-state index in [1.807, 2.05) is 6.92 Å². The van der Waals surface area contributed by atoms with Gasteiger partial charge in [0.25, 0.3) is 0 Å². The number of allylic oxidation sites excluding steroid dienone is 2. The summed E-state index contributed by atoms with van der Waals surface area (Å²) in [7, 11) is 0. The summed E-state index contributed by atoms with van der Waals surface area (Å²) in [5, 5.41) is 86.9. The lowest BCUT2D eigenvalue weighted by molar-refractivity contribution is -0.365. The van der Waals surface area contributed by atoms with Gasteiger partial charge >= 0.3 is 5.97 Å². The standard InChI is InChI=1S/C41H66O13/c1-20-28(45)30(47)31(48)33(52-20)54-32-29(46)23(43)18-51-34(32)53-27-11-12-37(4)24(38(27,5)19-42)10-13-39(6)25(37)9-8-21-22-16-36(2,3)14-15-41(22,35(49)50)26(44)17-40(21,39)7/h8,20,22-34,42-48H,9-19H2,1-7H3,(H,49,50). The normalized spacial score (nSPS) is 55.7. The molecule has 6 fully saturated rings. The van der Waals surface area contributed by atoms with Crippen LogP contribution < -0.4 is 0 Å². The minimum Gasteiger partial charge on any atom is -0.481 e. The molecule has 308 valence electrons. The Morgan fingerprint density at radius 1 is 0.833 bits per heavy atom. The zero-order valence-corrected chi connectivity index (χ0v) is 33.1. The van der Waals surface area contributed by atoms with E-state index in [1.165, 1.54) is 12.5 Å². The summed E-state index contributed by atoms with van der Waals surface area (Å²) >= 11 is 0. The Bertz CT molecular complexity index is 1470. The summed E-state index contributed by atoms with van der Waals surface area (Å²) < 4.78 is 24.3. The number of aliphatic hydroxyl groups is 7. The van der Waals surface area contributed by atoms with Gasteiger partial charge in [-0.25, -0.2) is 0 Å². The highest BCUT2D eigenvalue weighted by Gasteiger charge is 2.72. The Hall–Kier alpha value is -1.23. The number of carboxylic acid groups (broad SMARTS) is 1. The topological polar surface area (TPSA) is 216 Å². The molecule has 8 N–H and O–H groups in total. The monoisotopic (exact) mass is 766 g/mol. The average molecular weight is 767 g/mol. The van der Waals surface area contributed by atoms with E-state index in [9.17, 15) is 45.6 Å². The van der Waals surface area contributed by atoms with Crippen LogP contribution in [0.4, 0.5) is 0 Å². The third kappa shape index (κ3) is 5.76. The van der Waals surface area contributed by atoms with Crippen LogP contribution in [0.1, 0.15) is 106 Å². The lowest BCUT2D eigenvalue weighted by Crippen LogP contribution is -2.68. The second kappa shape index (κ2) is 13.7. The van der Waals surface area contributed by atoms with Crippen LogP contribution in [0.5, 0.6) is 0 Å². The molecule has 19 unspecified atom stereocenters. The first-order valence-corrected chi connectivity index (χ1v) is 20.3. The van der Waals surface area contributed by atoms with E-state index >= 15 is 0 Å². The van der Waals surface area contributed by atoms with E-state index in [4.69, 9.17) is 18.9 Å². The van der Waals surface area contributed by atoms with Crippen molar-refractivity contribution in [1.29, 1.82) is 0 Å². The molecule has 0 aromatic heterocycles. The Morgan fingerprint density at radius 3 is 2.20 bits per heavy atom. The fourth-order valence-corrected chi connectivity index (χ4v) is 13.4. The molecule has 54 heavy (non-hydrogen) atoms. The lowest BCUT2D eigenvalue weighted by Gasteiger charge is -2.71. The summed E-state index contributed by atoms with van der Waals surface area (Å²) in [5.74, 6) is -0.912. The van der Waals surface area contributed by atoms with Crippen molar-refractivity contribution in [3.05, 3.63) is 11.6 Å². The second-order valence-electron chi connectivity index (χ2n) is 20.1. The summed E-state index contributed by atoms with van der Waals surface area (Å²) in [5.41, 5.74) is -1.62. The van der Waals surface area contributed by atoms with E-state index in [0.717, 1.165) is 38.5 Å². The van der Waals surface area contributed by atoms with Crippen LogP contribution >= 0.6 is 0 Å². The number of aliphatic carboxylic acids is 1. The quantitative estimate of drug-likeness (QED) is 0.144. The fourth-order valence-electron chi connectivity index (χ4n) is 13.4. The first kappa shape index (κ1) is 40.9. The van der Waals surface area contributed by atoms with Gasteiger partial charge in [0.1, 0.15) is 42.0 Å². The molecule has 2 heterocycles. The molecule has 13 nitrogen and oxygen atoms in total. The maximum Gasteiger partial charge on any atom is 0.312 e. The average Bonchev–Trinajstić information content (AvgIpc) is 3.10. The third-order valence-electron chi connectivity index (χ3n) is 17.0. The van der Waals surface area contributed by atoms with Crippen LogP contribution in [0.15, 0.2) is 11.6 Å². The van der Waals surface area contributed by atoms with Crippen molar-refractivity contribution < 1.29 is 64.6 Å². The van der Waals surface area contributed by atoms with Crippen LogP contribution in [0.3, 0.4) is 0 Å². The van der Waals surface area contributed by atoms with Crippen LogP contribution in [0.2, 0.25) is 0 Å². The van der Waals surface area contributed by atoms with Crippen molar-refractivity contribution >= 4 is 5.97 Å². The SMILES string of the molecule is CC1OC(OC2C(OC3CCC4(C)C(CCC5(C)C4CC=C4C6CC(C)(C)CCC6(C(=O)O)C(O)CC45C)C3(C)CO)OCC(O)C2O)C(O)C(O)C1O. The number of fused-ring (bicyclic) bond motifs is 7. The minimum atomic E-state index is -1.64. The minimum absolute atomic E-state index is 0.0186. The van der Waals surface area contributed by atoms with Gasteiger partial charge in [0.15, 0.2) is 12.6 Å². The molecule has 7 rings (SSSR count). The van der Waals surface area contributed by atoms with Gasteiger partial charge in [0.2, 0.25) is 0 Å². The molecule has 13 heteroatoms. The van der Waals surface area contributed by atoms with Crippen LogP contribution in [0.25, 0.3) is 0 Å². The number of hydrogen-bond acceptors (Lipinski definition) is 12. The number of rotatable bonds is 6. The highest BCUT2D eigenvalue weighted by atomic mass is 16.8. The van der Waals surface area contributed by atoms with E-state index < -0.39 is 89.7 Å². The maximum atomic E-state index is 13.1. The zero-order chi connectivity index (χ0) is 39.6. The Balaban J connectivity index is 1.16. The van der Waals surface area contributed by atoms with Crippen LogP contribution in [-0.2, 0) is 23.7 Å². The first-order chi connectivity index (χ1) is 25.1. The number of hydrogen-bond donors (Lipinski definition) is 8. The van der Waals surface area contributed by atoms with Crippen molar-refractivity contribution in [2.24, 2.45) is 50.2 Å². The Kier molecular flexibility index (Phi) is 10.4. The predicted molar refractivity (Wildman–Crippen MR) is 193 cm³/mol. The first-order valence-electron chi connectivity index (χ1n) is 20.3. The van der Waals surface area contributed by atoms with E-state index in [2.05, 4.69) is 40.7 Å². The number of carbonyl (C=O) groups is 1. The van der Waals surface area contributed by atoms with Crippen LogP contribution in [-0.4, -0.2) is 128 Å². The van der Waals surface area contributed by atoms with E-state index in [1.54, 1.807) is 0 Å². The van der Waals surface area contributed by atoms with Crippen molar-refractivity contribution in [2.45, 2.75) is 174 Å². The summed E-state index contributed by atoms with van der Waals surface area (Å²) in [6.45, 7) is 14.6. The van der Waals surface area contributed by atoms with Gasteiger partial charge in [-0.1, -0.05) is 53.2 Å². The molecule has 5 aliphatic carbocycles. The highest BCUT2D eigenvalue weighted by Crippen LogP contribution is 2.76. The molecule has 19 atom stereocenters. The third-order valence-corrected chi connectivity index (χ3v) is 17.0. The molecule has 2 aliphatic heterocycles. The largest absolute Gasteiger partial charge is 0.481 e. The summed E-state index contributed by atoms with van der Waals surface area (Å²) in [6, 6.07) is 0. The molecule has 4 saturated carbocycles. The van der Waals surface area contributed by atoms with Crippen molar-refractivity contribution in [1.82, 2.24) is 0 Å². The molecule has 0 spiro atoms. The van der Waals surface area contributed by atoms with E-state index in [-0.39, 0.29) is 47.2 Å². The summed E-state index contributed by atoms with van der Waals surface area (Å²) in [6.07, 6.45) is -5.25. The highest BCUT2D eigenvalue weighted by molar-refractivity contribution is 5.77. The molecule has 0 amide bonds. The van der Waals surface area contributed by atoms with Crippen molar-refractivity contribution in [3.8, 4) is 0 Å². The molecule has 2 saturated heterocycles. The molecule has 0 radical (unpaired) electrons. The molecular formula is C41H66O13. The Morgan fingerprint density at radius 2 is 1.54 bits per heavy atom. The van der Waals surface area contributed by atoms with Gasteiger partial charge in [-0.2, -0.15) is 0 Å². The lowest BCUT2D eigenvalue weighted by atomic mass is 9.33. The van der Waals surface area contributed by atoms with Crippen molar-refractivity contribution in [2.75, 3.05) is 13.2 Å². The predicted octanol–water partition coefficient (Wildman–Crippen LogP) is 2.49. The van der Waals surface area contributed by atoms with E-state index in [0.29, 0.717) is 19.3 Å². The maximum absolute atomic E-state index is 13.1. The van der Waals surface area contributed by atoms with Crippen molar-refractivity contribution in [3.63, 3.8) is 0 Å². The smallest absolute Gasteiger partial charge is 0.312 e. The summed E-state index contributed by atoms with van der Waals surface area (Å²) in [4.78, 5) is 13.1. The molecule has 7 aliphatic rings. The molecule has 0 aromatic rings. The van der Waals surface area contributed by atoms with Gasteiger partial charge < -0.3 is 59.8 Å². The molecular weight excluding hydrogens is 700 g/mol. The number of aliphatic hydroxyl groups excluding tert-OH is 7. The van der Waals surface area contributed by atoms with Gasteiger partial charge in [-0.15, -0.1) is 0 Å². The number of ether oxygens (including phenoxy) is 4. The Labute approximate surface area is 319 Å². The van der Waals surface area contributed by atoms with Gasteiger partial charge in [0, 0.05) is 5.41 Å².